The first-order valence-corrected chi connectivity index (χ1v) is 5.88. The van der Waals surface area contributed by atoms with Crippen molar-refractivity contribution in [3.8, 4) is 0 Å². The van der Waals surface area contributed by atoms with E-state index in [9.17, 15) is 13.2 Å². The third kappa shape index (κ3) is 4.56. The van der Waals surface area contributed by atoms with Crippen molar-refractivity contribution >= 4 is 16.1 Å². The molecule has 0 radical (unpaired) electrons. The average molecular weight is 238 g/mol. The number of likely N-dealkylation sites (N-methyl/N-ethyl adjacent to an activating group) is 1. The molecule has 0 aliphatic carbocycles. The highest BCUT2D eigenvalue weighted by Gasteiger charge is 2.23. The summed E-state index contributed by atoms with van der Waals surface area (Å²) < 4.78 is 25.4. The van der Waals surface area contributed by atoms with Crippen LogP contribution in [0.4, 0.5) is 0 Å². The van der Waals surface area contributed by atoms with Gasteiger partial charge in [-0.3, -0.25) is 4.79 Å². The van der Waals surface area contributed by atoms with Crippen molar-refractivity contribution in [3.63, 3.8) is 0 Å². The number of hydrogen-bond donors (Lipinski definition) is 2. The predicted molar refractivity (Wildman–Crippen MR) is 57.0 cm³/mol. The number of carbonyl (C=O) groups is 1. The average Bonchev–Trinajstić information content (AvgIpc) is 2.12. The largest absolute Gasteiger partial charge is 0.369 e. The highest BCUT2D eigenvalue weighted by Crippen LogP contribution is 2.03. The Balaban J connectivity index is 4.45. The summed E-state index contributed by atoms with van der Waals surface area (Å²) in [6.07, 6.45) is 0.570. The molecular formula is C7H18N4O3S. The van der Waals surface area contributed by atoms with Gasteiger partial charge in [-0.1, -0.05) is 0 Å². The first kappa shape index (κ1) is 14.3. The lowest BCUT2D eigenvalue weighted by molar-refractivity contribution is -0.118. The second-order valence-corrected chi connectivity index (χ2v) is 5.34. The van der Waals surface area contributed by atoms with Gasteiger partial charge in [-0.25, -0.2) is 0 Å². The van der Waals surface area contributed by atoms with E-state index in [1.54, 1.807) is 0 Å². The van der Waals surface area contributed by atoms with Gasteiger partial charge in [-0.2, -0.15) is 17.0 Å². The highest BCUT2D eigenvalue weighted by molar-refractivity contribution is 7.86. The normalized spacial score (nSPS) is 12.3. The Morgan fingerprint density at radius 3 is 2.20 bits per heavy atom. The molecule has 15 heavy (non-hydrogen) atoms. The van der Waals surface area contributed by atoms with Crippen LogP contribution in [0.5, 0.6) is 0 Å². The summed E-state index contributed by atoms with van der Waals surface area (Å²) in [7, 11) is -0.858. The Morgan fingerprint density at radius 1 is 1.27 bits per heavy atom. The number of primary amides is 1. The van der Waals surface area contributed by atoms with Crippen molar-refractivity contribution in [1.29, 1.82) is 0 Å². The Labute approximate surface area is 90.2 Å². The topological polar surface area (TPSA) is 110 Å². The van der Waals surface area contributed by atoms with Crippen LogP contribution in [0.25, 0.3) is 0 Å². The lowest BCUT2D eigenvalue weighted by Crippen LogP contribution is -2.43. The summed E-state index contributed by atoms with van der Waals surface area (Å²) in [5.74, 6) is -0.687. The van der Waals surface area contributed by atoms with Gasteiger partial charge in [0.15, 0.2) is 0 Å². The van der Waals surface area contributed by atoms with Gasteiger partial charge < -0.3 is 11.5 Å². The van der Waals surface area contributed by atoms with Crippen molar-refractivity contribution in [2.75, 3.05) is 33.7 Å². The number of nitrogens with zero attached hydrogens (tertiary/aromatic N) is 2. The lowest BCUT2D eigenvalue weighted by atomic mass is 10.4. The number of rotatable bonds is 7. The van der Waals surface area contributed by atoms with Crippen LogP contribution in [-0.4, -0.2) is 56.7 Å². The molecule has 1 amide bonds. The Bertz CT molecular complexity index is 303. The van der Waals surface area contributed by atoms with Gasteiger partial charge in [0.05, 0.1) is 6.54 Å². The molecule has 8 heteroatoms. The van der Waals surface area contributed by atoms with Gasteiger partial charge in [0.1, 0.15) is 0 Å². The molecule has 0 atom stereocenters. The zero-order chi connectivity index (χ0) is 12.1. The first-order chi connectivity index (χ1) is 6.82. The number of nitrogens with two attached hydrogens (primary N) is 2. The van der Waals surface area contributed by atoms with Gasteiger partial charge in [0.2, 0.25) is 5.91 Å². The van der Waals surface area contributed by atoms with Crippen LogP contribution >= 0.6 is 0 Å². The summed E-state index contributed by atoms with van der Waals surface area (Å²) in [6, 6.07) is 0. The maximum Gasteiger partial charge on any atom is 0.281 e. The lowest BCUT2D eigenvalue weighted by Gasteiger charge is -2.23. The van der Waals surface area contributed by atoms with E-state index in [0.29, 0.717) is 19.5 Å². The van der Waals surface area contributed by atoms with Crippen LogP contribution in [0.3, 0.4) is 0 Å². The van der Waals surface area contributed by atoms with Crippen LogP contribution in [0.15, 0.2) is 0 Å². The molecule has 0 unspecified atom stereocenters. The maximum absolute atomic E-state index is 11.7. The molecule has 7 nitrogen and oxygen atoms in total. The minimum atomic E-state index is -3.60. The molecule has 4 N–H and O–H groups in total. The molecule has 0 rings (SSSR count). The third-order valence-electron chi connectivity index (χ3n) is 1.84. The van der Waals surface area contributed by atoms with Crippen molar-refractivity contribution in [3.05, 3.63) is 0 Å². The zero-order valence-corrected chi connectivity index (χ0v) is 9.83. The van der Waals surface area contributed by atoms with Gasteiger partial charge in [0, 0.05) is 20.6 Å². The molecule has 0 aliphatic heterocycles. The number of hydrogen-bond acceptors (Lipinski definition) is 4. The molecule has 0 aromatic heterocycles. The Morgan fingerprint density at radius 2 is 1.80 bits per heavy atom. The summed E-state index contributed by atoms with van der Waals surface area (Å²) in [5, 5.41) is 0. The summed E-state index contributed by atoms with van der Waals surface area (Å²) >= 11 is 0. The molecule has 0 spiro atoms. The summed E-state index contributed by atoms with van der Waals surface area (Å²) in [5.41, 5.74) is 10.2. The molecule has 0 aromatic rings. The van der Waals surface area contributed by atoms with Crippen molar-refractivity contribution in [2.24, 2.45) is 11.5 Å². The van der Waals surface area contributed by atoms with Crippen LogP contribution < -0.4 is 11.5 Å². The molecule has 0 aromatic carbocycles. The second kappa shape index (κ2) is 6.01. The minimum Gasteiger partial charge on any atom is -0.369 e. The van der Waals surface area contributed by atoms with E-state index in [1.165, 1.54) is 14.1 Å². The number of amides is 1. The fourth-order valence-electron chi connectivity index (χ4n) is 0.968. The number of carbonyl (C=O) groups excluding carboxylic acids is 1. The quantitative estimate of drug-likeness (QED) is 0.531. The molecule has 0 saturated heterocycles. The van der Waals surface area contributed by atoms with E-state index in [4.69, 9.17) is 11.5 Å². The molecule has 90 valence electrons. The minimum absolute atomic E-state index is 0.321. The van der Waals surface area contributed by atoms with Crippen LogP contribution in [-0.2, 0) is 15.0 Å². The fourth-order valence-corrected chi connectivity index (χ4v) is 2.09. The van der Waals surface area contributed by atoms with Crippen molar-refractivity contribution in [1.82, 2.24) is 8.61 Å². The maximum atomic E-state index is 11.7. The Kier molecular flexibility index (Phi) is 5.73. The highest BCUT2D eigenvalue weighted by atomic mass is 32.2. The molecule has 0 fully saturated rings. The monoisotopic (exact) mass is 238 g/mol. The standard InChI is InChI=1S/C7H18N4O3S/c1-10(5-3-4-8)15(13,14)11(2)6-7(9)12/h3-6,8H2,1-2H3,(H2,9,12). The van der Waals surface area contributed by atoms with E-state index in [1.807, 2.05) is 0 Å². The molecule has 0 aliphatic rings. The second-order valence-electron chi connectivity index (χ2n) is 3.19. The molecular weight excluding hydrogens is 220 g/mol. The molecule has 0 bridgehead atoms. The SMILES string of the molecule is CN(CCCN)S(=O)(=O)N(C)CC(N)=O. The van der Waals surface area contributed by atoms with E-state index in [2.05, 4.69) is 0 Å². The third-order valence-corrected chi connectivity index (χ3v) is 3.73. The van der Waals surface area contributed by atoms with Crippen LogP contribution in [0.2, 0.25) is 0 Å². The van der Waals surface area contributed by atoms with Crippen molar-refractivity contribution in [2.45, 2.75) is 6.42 Å². The molecule has 0 heterocycles. The predicted octanol–water partition coefficient (Wildman–Crippen LogP) is -2.07. The van der Waals surface area contributed by atoms with Crippen LogP contribution in [0, 0.1) is 0 Å². The summed E-state index contributed by atoms with van der Waals surface area (Å²) in [4.78, 5) is 10.6. The smallest absolute Gasteiger partial charge is 0.281 e. The van der Waals surface area contributed by atoms with Gasteiger partial charge >= 0.3 is 0 Å². The van der Waals surface area contributed by atoms with Gasteiger partial charge in [-0.05, 0) is 13.0 Å². The van der Waals surface area contributed by atoms with E-state index < -0.39 is 16.1 Å². The first-order valence-electron chi connectivity index (χ1n) is 4.48. The fraction of sp³-hybridized carbons (Fsp3) is 0.857. The molecule has 0 saturated carbocycles. The van der Waals surface area contributed by atoms with E-state index in [0.717, 1.165) is 8.61 Å². The summed E-state index contributed by atoms with van der Waals surface area (Å²) in [6.45, 7) is 0.413. The van der Waals surface area contributed by atoms with Gasteiger partial charge in [-0.15, -0.1) is 0 Å². The zero-order valence-electron chi connectivity index (χ0n) is 9.01. The van der Waals surface area contributed by atoms with Crippen LogP contribution in [0.1, 0.15) is 6.42 Å². The van der Waals surface area contributed by atoms with Gasteiger partial charge in [0.25, 0.3) is 10.2 Å². The van der Waals surface area contributed by atoms with Crippen molar-refractivity contribution < 1.29 is 13.2 Å². The van der Waals surface area contributed by atoms with E-state index in [-0.39, 0.29) is 6.54 Å². The van der Waals surface area contributed by atoms with E-state index >= 15 is 0 Å². The Hall–Kier alpha value is -0.700.